The Labute approximate surface area is 241 Å². The number of hydrogen-bond acceptors (Lipinski definition) is 9. The van der Waals surface area contributed by atoms with Crippen molar-refractivity contribution in [2.75, 3.05) is 49.5 Å². The van der Waals surface area contributed by atoms with Crippen LogP contribution in [0.1, 0.15) is 25.1 Å². The summed E-state index contributed by atoms with van der Waals surface area (Å²) in [4.78, 5) is 36.1. The molecule has 0 radical (unpaired) electrons. The number of hydrogen-bond donors (Lipinski definition) is 1. The Bertz CT molecular complexity index is 1640. The van der Waals surface area contributed by atoms with Crippen molar-refractivity contribution in [3.05, 3.63) is 54.4 Å². The van der Waals surface area contributed by atoms with Crippen LogP contribution in [0.4, 0.5) is 20.4 Å². The van der Waals surface area contributed by atoms with Crippen molar-refractivity contribution in [3.63, 3.8) is 0 Å². The molecule has 6 rings (SSSR count). The molecule has 0 saturated carbocycles. The number of nitriles is 1. The van der Waals surface area contributed by atoms with Gasteiger partial charge in [0.1, 0.15) is 29.4 Å². The minimum absolute atomic E-state index is 0.0105. The highest BCUT2D eigenvalue weighted by Gasteiger charge is 2.29. The van der Waals surface area contributed by atoms with Gasteiger partial charge in [-0.05, 0) is 25.0 Å². The molecule has 0 aliphatic carbocycles. The second-order valence-corrected chi connectivity index (χ2v) is 10.6. The number of aromatic nitrogens is 6. The molecule has 1 amide bonds. The molecule has 1 atom stereocenters. The minimum atomic E-state index is -0.586. The fourth-order valence-electron chi connectivity index (χ4n) is 5.54. The quantitative estimate of drug-likeness (QED) is 0.354. The molecule has 0 spiro atoms. The third-order valence-electron chi connectivity index (χ3n) is 7.84. The maximum absolute atomic E-state index is 16.2. The zero-order valence-electron chi connectivity index (χ0n) is 23.2. The molecule has 2 aliphatic heterocycles. The number of pyridine rings is 1. The number of imidazole rings is 2. The smallest absolute Gasteiger partial charge is 0.236 e. The Morgan fingerprint density at radius 3 is 2.74 bits per heavy atom. The molecule has 12 nitrogen and oxygen atoms in total. The molecule has 2 aliphatic rings. The molecule has 0 aromatic carbocycles. The third-order valence-corrected chi connectivity index (χ3v) is 7.84. The highest BCUT2D eigenvalue weighted by molar-refractivity contribution is 5.78. The molecule has 42 heavy (non-hydrogen) atoms. The van der Waals surface area contributed by atoms with Gasteiger partial charge in [0, 0.05) is 70.9 Å². The maximum Gasteiger partial charge on any atom is 0.236 e. The van der Waals surface area contributed by atoms with Crippen LogP contribution in [-0.4, -0.2) is 89.9 Å². The van der Waals surface area contributed by atoms with E-state index in [-0.39, 0.29) is 35.8 Å². The van der Waals surface area contributed by atoms with Crippen LogP contribution in [0.15, 0.2) is 36.9 Å². The fraction of sp³-hybridized carbons (Fsp3) is 0.429. The number of nitrogens with zero attached hydrogens (tertiary/aromatic N) is 10. The normalized spacial score (nSPS) is 17.9. The Morgan fingerprint density at radius 2 is 1.98 bits per heavy atom. The number of anilines is 2. The summed E-state index contributed by atoms with van der Waals surface area (Å²) in [6.45, 7) is 4.04. The number of likely N-dealkylation sites (tertiary alicyclic amines) is 1. The van der Waals surface area contributed by atoms with Gasteiger partial charge in [0.25, 0.3) is 0 Å². The third kappa shape index (κ3) is 5.60. The SMILES string of the molecule is Cn1ccnc1CN1CCN(c2nc(-c3cnc4ccc(F)cn34)nc(NC3CCCN(C(=O)CC#N)C3)c2F)CC1. The van der Waals surface area contributed by atoms with Gasteiger partial charge in [-0.3, -0.25) is 14.1 Å². The Hall–Kier alpha value is -4.64. The van der Waals surface area contributed by atoms with Gasteiger partial charge in [0.15, 0.2) is 17.5 Å². The lowest BCUT2D eigenvalue weighted by Gasteiger charge is -2.36. The lowest BCUT2D eigenvalue weighted by atomic mass is 10.1. The van der Waals surface area contributed by atoms with E-state index in [1.54, 1.807) is 27.8 Å². The number of halogens is 2. The van der Waals surface area contributed by atoms with Gasteiger partial charge >= 0.3 is 0 Å². The molecule has 1 unspecified atom stereocenters. The first-order valence-corrected chi connectivity index (χ1v) is 13.9. The summed E-state index contributed by atoms with van der Waals surface area (Å²) in [5, 5.41) is 12.2. The van der Waals surface area contributed by atoms with Crippen molar-refractivity contribution in [1.29, 1.82) is 5.26 Å². The average Bonchev–Trinajstić information content (AvgIpc) is 3.60. The summed E-state index contributed by atoms with van der Waals surface area (Å²) < 4.78 is 33.9. The van der Waals surface area contributed by atoms with Crippen molar-refractivity contribution < 1.29 is 13.6 Å². The number of amides is 1. The lowest BCUT2D eigenvalue weighted by molar-refractivity contribution is -0.131. The largest absolute Gasteiger partial charge is 0.363 e. The fourth-order valence-corrected chi connectivity index (χ4v) is 5.54. The first kappa shape index (κ1) is 27.5. The van der Waals surface area contributed by atoms with Crippen molar-refractivity contribution >= 4 is 23.2 Å². The molecule has 14 heteroatoms. The number of rotatable bonds is 7. The number of nitrogens with one attached hydrogen (secondary N) is 1. The predicted octanol–water partition coefficient (Wildman–Crippen LogP) is 2.44. The highest BCUT2D eigenvalue weighted by Crippen LogP contribution is 2.30. The summed E-state index contributed by atoms with van der Waals surface area (Å²) in [6.07, 6.45) is 7.75. The first-order valence-electron chi connectivity index (χ1n) is 13.9. The van der Waals surface area contributed by atoms with E-state index in [9.17, 15) is 9.18 Å². The van der Waals surface area contributed by atoms with E-state index in [1.807, 2.05) is 28.8 Å². The van der Waals surface area contributed by atoms with E-state index in [0.717, 1.165) is 5.82 Å². The topological polar surface area (TPSA) is 124 Å². The van der Waals surface area contributed by atoms with Crippen LogP contribution < -0.4 is 10.2 Å². The van der Waals surface area contributed by atoms with E-state index < -0.39 is 11.6 Å². The van der Waals surface area contributed by atoms with Crippen LogP contribution >= 0.6 is 0 Å². The van der Waals surface area contributed by atoms with Gasteiger partial charge in [-0.25, -0.2) is 24.3 Å². The monoisotopic (exact) mass is 575 g/mol. The zero-order valence-corrected chi connectivity index (χ0v) is 23.2. The molecule has 0 bridgehead atoms. The summed E-state index contributed by atoms with van der Waals surface area (Å²) in [5.74, 6) is 0.0444. The Morgan fingerprint density at radius 1 is 1.14 bits per heavy atom. The van der Waals surface area contributed by atoms with Crippen molar-refractivity contribution in [3.8, 4) is 17.6 Å². The van der Waals surface area contributed by atoms with E-state index in [1.165, 1.54) is 12.3 Å². The lowest BCUT2D eigenvalue weighted by Crippen LogP contribution is -2.47. The molecule has 218 valence electrons. The average molecular weight is 576 g/mol. The number of piperidine rings is 1. The van der Waals surface area contributed by atoms with E-state index in [2.05, 4.69) is 30.2 Å². The maximum atomic E-state index is 16.2. The van der Waals surface area contributed by atoms with Crippen LogP contribution in [0.3, 0.4) is 0 Å². The van der Waals surface area contributed by atoms with Crippen LogP contribution in [0, 0.1) is 23.0 Å². The zero-order chi connectivity index (χ0) is 29.2. The molecule has 6 heterocycles. The molecule has 4 aromatic rings. The number of aryl methyl sites for hydroxylation is 1. The number of fused-ring (bicyclic) bond motifs is 1. The van der Waals surface area contributed by atoms with Crippen molar-refractivity contribution in [2.24, 2.45) is 7.05 Å². The summed E-state index contributed by atoms with van der Waals surface area (Å²) >= 11 is 0. The van der Waals surface area contributed by atoms with E-state index in [0.29, 0.717) is 70.0 Å². The van der Waals surface area contributed by atoms with Gasteiger partial charge < -0.3 is 19.7 Å². The summed E-state index contributed by atoms with van der Waals surface area (Å²) in [5.41, 5.74) is 0.939. The minimum Gasteiger partial charge on any atom is -0.363 e. The number of piperazine rings is 1. The van der Waals surface area contributed by atoms with Gasteiger partial charge in [-0.1, -0.05) is 0 Å². The standard InChI is InChI=1S/C28H31F2N11O/c1-37-10-8-32-23(37)18-38-11-13-39(14-12-38)28-25(30)27(34-20-3-2-9-40(17-20)24(42)6-7-31)35-26(36-28)21-15-33-22-5-4-19(29)16-41(21)22/h4-5,8,10,15-16,20H,2-3,6,9,11-14,17-18H2,1H3,(H,34,35,36). The van der Waals surface area contributed by atoms with Crippen molar-refractivity contribution in [1.82, 2.24) is 38.7 Å². The second-order valence-electron chi connectivity index (χ2n) is 10.6. The van der Waals surface area contributed by atoms with Crippen molar-refractivity contribution in [2.45, 2.75) is 31.8 Å². The van der Waals surface area contributed by atoms with Gasteiger partial charge in [0.2, 0.25) is 11.7 Å². The molecule has 1 N–H and O–H groups in total. The van der Waals surface area contributed by atoms with Crippen LogP contribution in [0.5, 0.6) is 0 Å². The molecular weight excluding hydrogens is 544 g/mol. The first-order chi connectivity index (χ1) is 20.4. The number of carbonyl (C=O) groups is 1. The van der Waals surface area contributed by atoms with Crippen LogP contribution in [-0.2, 0) is 18.4 Å². The number of carbonyl (C=O) groups excluding carboxylic acids is 1. The van der Waals surface area contributed by atoms with Gasteiger partial charge in [-0.2, -0.15) is 9.65 Å². The van der Waals surface area contributed by atoms with Gasteiger partial charge in [-0.15, -0.1) is 0 Å². The van der Waals surface area contributed by atoms with Gasteiger partial charge in [0.05, 0.1) is 18.8 Å². The van der Waals surface area contributed by atoms with E-state index >= 15 is 4.39 Å². The predicted molar refractivity (Wildman–Crippen MR) is 150 cm³/mol. The summed E-state index contributed by atoms with van der Waals surface area (Å²) in [6, 6.07) is 4.51. The highest BCUT2D eigenvalue weighted by atomic mass is 19.1. The molecule has 4 aromatic heterocycles. The Balaban J connectivity index is 1.30. The Kier molecular flexibility index (Phi) is 7.66. The van der Waals surface area contributed by atoms with E-state index in [4.69, 9.17) is 5.26 Å². The summed E-state index contributed by atoms with van der Waals surface area (Å²) in [7, 11) is 1.96. The van der Waals surface area contributed by atoms with Crippen LogP contribution in [0.2, 0.25) is 0 Å². The second kappa shape index (κ2) is 11.7. The molecule has 2 fully saturated rings. The molecular formula is C28H31F2N11O. The van der Waals surface area contributed by atoms with Crippen LogP contribution in [0.25, 0.3) is 17.2 Å². The molecule has 2 saturated heterocycles.